The number of nitrogens with one attached hydrogen (secondary N) is 1. The van der Waals surface area contributed by atoms with Crippen LogP contribution in [0.1, 0.15) is 49.9 Å². The van der Waals surface area contributed by atoms with Crippen LogP contribution < -0.4 is 5.32 Å². The van der Waals surface area contributed by atoms with Gasteiger partial charge in [-0.1, -0.05) is 17.7 Å². The summed E-state index contributed by atoms with van der Waals surface area (Å²) in [6.07, 6.45) is 6.99. The second-order valence-corrected chi connectivity index (χ2v) is 7.77. The van der Waals surface area contributed by atoms with Crippen LogP contribution in [-0.4, -0.2) is 46.6 Å². The van der Waals surface area contributed by atoms with E-state index in [-0.39, 0.29) is 12.6 Å². The van der Waals surface area contributed by atoms with Crippen molar-refractivity contribution in [3.63, 3.8) is 0 Å². The van der Waals surface area contributed by atoms with Gasteiger partial charge in [0.25, 0.3) is 0 Å². The van der Waals surface area contributed by atoms with Crippen LogP contribution in [0.15, 0.2) is 29.2 Å². The first kappa shape index (κ1) is 19.3. The molecule has 1 aliphatic heterocycles. The van der Waals surface area contributed by atoms with Crippen molar-refractivity contribution in [1.29, 1.82) is 0 Å². The molecule has 0 aromatic carbocycles. The van der Waals surface area contributed by atoms with Crippen LogP contribution in [0, 0.1) is 0 Å². The normalized spacial score (nSPS) is 18.7. The minimum atomic E-state index is -0.934. The molecule has 0 spiro atoms. The first-order valence-electron chi connectivity index (χ1n) is 9.15. The Hall–Kier alpha value is -2.48. The van der Waals surface area contributed by atoms with Crippen molar-refractivity contribution in [2.45, 2.75) is 45.1 Å². The van der Waals surface area contributed by atoms with Crippen LogP contribution in [0.4, 0.5) is 4.79 Å². The van der Waals surface area contributed by atoms with Crippen molar-refractivity contribution in [2.24, 2.45) is 0 Å². The first-order chi connectivity index (χ1) is 13.0. The summed E-state index contributed by atoms with van der Waals surface area (Å²) in [6, 6.07) is 2.84. The highest BCUT2D eigenvalue weighted by Crippen LogP contribution is 2.22. The molecule has 1 fully saturated rings. The third-order valence-corrected chi connectivity index (χ3v) is 5.88. The lowest BCUT2D eigenvalue weighted by Crippen LogP contribution is -2.42. The van der Waals surface area contributed by atoms with Crippen LogP contribution in [0.2, 0.25) is 0 Å². The van der Waals surface area contributed by atoms with Gasteiger partial charge in [-0.3, -0.25) is 19.3 Å². The lowest BCUT2D eigenvalue weighted by molar-refractivity contribution is -0.144. The van der Waals surface area contributed by atoms with Gasteiger partial charge in [0.1, 0.15) is 6.54 Å². The molecule has 5 amide bonds. The van der Waals surface area contributed by atoms with Gasteiger partial charge in [-0.05, 0) is 50.5 Å². The Morgan fingerprint density at radius 2 is 2.00 bits per heavy atom. The number of carbonyl (C=O) groups is 4. The van der Waals surface area contributed by atoms with E-state index in [1.165, 1.54) is 16.9 Å². The summed E-state index contributed by atoms with van der Waals surface area (Å²) in [5, 5.41) is 4.66. The highest BCUT2D eigenvalue weighted by molar-refractivity contribution is 7.10. The van der Waals surface area contributed by atoms with Crippen molar-refractivity contribution in [3.8, 4) is 0 Å². The number of hydrogen-bond acceptors (Lipinski definition) is 5. The van der Waals surface area contributed by atoms with Crippen LogP contribution in [0.3, 0.4) is 0 Å². The SMILES string of the molecule is C[C@H](NC(=O)CN1C(=O)C(=O)N(CCC2=CCCCC2)C1=O)c1cccs1. The monoisotopic (exact) mass is 389 g/mol. The average molecular weight is 389 g/mol. The molecular weight excluding hydrogens is 366 g/mol. The molecule has 27 heavy (non-hydrogen) atoms. The van der Waals surface area contributed by atoms with Crippen molar-refractivity contribution >= 4 is 35.1 Å². The number of hydrogen-bond donors (Lipinski definition) is 1. The Bertz CT molecular complexity index is 772. The van der Waals surface area contributed by atoms with Gasteiger partial charge in [-0.2, -0.15) is 0 Å². The maximum Gasteiger partial charge on any atom is 0.334 e. The topological polar surface area (TPSA) is 86.8 Å². The predicted octanol–water partition coefficient (Wildman–Crippen LogP) is 2.61. The molecule has 0 unspecified atom stereocenters. The summed E-state index contributed by atoms with van der Waals surface area (Å²) in [5.41, 5.74) is 1.22. The van der Waals surface area contributed by atoms with E-state index in [0.717, 1.165) is 40.4 Å². The average Bonchev–Trinajstić information content (AvgIpc) is 3.26. The number of amides is 5. The zero-order valence-corrected chi connectivity index (χ0v) is 16.1. The largest absolute Gasteiger partial charge is 0.347 e. The van der Waals surface area contributed by atoms with E-state index >= 15 is 0 Å². The molecule has 1 aliphatic carbocycles. The molecule has 1 N–H and O–H groups in total. The molecule has 144 valence electrons. The quantitative estimate of drug-likeness (QED) is 0.441. The standard InChI is InChI=1S/C19H23N3O4S/c1-13(15-8-5-11-27-15)20-16(23)12-22-18(25)17(24)21(19(22)26)10-9-14-6-3-2-4-7-14/h5-6,8,11,13H,2-4,7,9-10,12H2,1H3,(H,20,23)/t13-/m0/s1. The third kappa shape index (κ3) is 4.44. The highest BCUT2D eigenvalue weighted by Gasteiger charge is 2.45. The van der Waals surface area contributed by atoms with Crippen LogP contribution in [-0.2, 0) is 14.4 Å². The third-order valence-electron chi connectivity index (χ3n) is 4.83. The molecule has 1 aromatic heterocycles. The van der Waals surface area contributed by atoms with Crippen molar-refractivity contribution < 1.29 is 19.2 Å². The number of carbonyl (C=O) groups excluding carboxylic acids is 4. The fraction of sp³-hybridized carbons (Fsp3) is 0.474. The Labute approximate surface area is 162 Å². The van der Waals surface area contributed by atoms with Crippen LogP contribution in [0.5, 0.6) is 0 Å². The zero-order chi connectivity index (χ0) is 19.4. The Balaban J connectivity index is 1.56. The molecule has 8 heteroatoms. The molecule has 2 heterocycles. The van der Waals surface area contributed by atoms with E-state index in [2.05, 4.69) is 11.4 Å². The van der Waals surface area contributed by atoms with Gasteiger partial charge in [0.2, 0.25) is 5.91 Å². The highest BCUT2D eigenvalue weighted by atomic mass is 32.1. The second-order valence-electron chi connectivity index (χ2n) is 6.79. The summed E-state index contributed by atoms with van der Waals surface area (Å²) in [6.45, 7) is 1.56. The smallest absolute Gasteiger partial charge is 0.334 e. The fourth-order valence-corrected chi connectivity index (χ4v) is 4.05. The van der Waals surface area contributed by atoms with E-state index in [9.17, 15) is 19.2 Å². The zero-order valence-electron chi connectivity index (χ0n) is 15.3. The van der Waals surface area contributed by atoms with Gasteiger partial charge >= 0.3 is 17.8 Å². The molecule has 7 nitrogen and oxygen atoms in total. The number of urea groups is 1. The number of allylic oxidation sites excluding steroid dienone is 1. The van der Waals surface area contributed by atoms with E-state index in [0.29, 0.717) is 6.42 Å². The van der Waals surface area contributed by atoms with Gasteiger partial charge in [-0.25, -0.2) is 9.69 Å². The lowest BCUT2D eigenvalue weighted by atomic mass is 9.97. The predicted molar refractivity (Wildman–Crippen MR) is 101 cm³/mol. The van der Waals surface area contributed by atoms with Gasteiger partial charge < -0.3 is 5.32 Å². The molecule has 2 aliphatic rings. The van der Waals surface area contributed by atoms with E-state index < -0.39 is 30.3 Å². The molecule has 1 aromatic rings. The molecule has 0 bridgehead atoms. The lowest BCUT2D eigenvalue weighted by Gasteiger charge is -2.18. The maximum absolute atomic E-state index is 12.5. The summed E-state index contributed by atoms with van der Waals surface area (Å²) in [4.78, 5) is 51.6. The molecule has 1 saturated heterocycles. The van der Waals surface area contributed by atoms with Crippen LogP contribution >= 0.6 is 11.3 Å². The van der Waals surface area contributed by atoms with Crippen molar-refractivity contribution in [2.75, 3.05) is 13.1 Å². The van der Waals surface area contributed by atoms with E-state index in [1.54, 1.807) is 0 Å². The Kier molecular flexibility index (Phi) is 6.05. The Morgan fingerprint density at radius 1 is 1.22 bits per heavy atom. The van der Waals surface area contributed by atoms with Gasteiger partial charge in [0.05, 0.1) is 6.04 Å². The summed E-state index contributed by atoms with van der Waals surface area (Å²) < 4.78 is 0. The first-order valence-corrected chi connectivity index (χ1v) is 10.0. The summed E-state index contributed by atoms with van der Waals surface area (Å²) in [5.74, 6) is -2.26. The molecule has 0 radical (unpaired) electrons. The number of nitrogens with zero attached hydrogens (tertiary/aromatic N) is 2. The minimum absolute atomic E-state index is 0.180. The van der Waals surface area contributed by atoms with Crippen LogP contribution in [0.25, 0.3) is 0 Å². The fourth-order valence-electron chi connectivity index (χ4n) is 3.31. The van der Waals surface area contributed by atoms with E-state index in [1.807, 2.05) is 24.4 Å². The molecule has 3 rings (SSSR count). The van der Waals surface area contributed by atoms with E-state index in [4.69, 9.17) is 0 Å². The number of rotatable bonds is 7. The number of thiophene rings is 1. The van der Waals surface area contributed by atoms with Gasteiger partial charge in [-0.15, -0.1) is 11.3 Å². The summed E-state index contributed by atoms with van der Waals surface area (Å²) >= 11 is 1.51. The molecular formula is C19H23N3O4S. The van der Waals surface area contributed by atoms with Gasteiger partial charge in [0, 0.05) is 11.4 Å². The summed E-state index contributed by atoms with van der Waals surface area (Å²) in [7, 11) is 0. The molecule has 0 saturated carbocycles. The Morgan fingerprint density at radius 3 is 2.67 bits per heavy atom. The molecule has 1 atom stereocenters. The maximum atomic E-state index is 12.5. The van der Waals surface area contributed by atoms with Gasteiger partial charge in [0.15, 0.2) is 0 Å². The second kappa shape index (κ2) is 8.47. The number of imide groups is 2. The minimum Gasteiger partial charge on any atom is -0.347 e. The van der Waals surface area contributed by atoms with Crippen molar-refractivity contribution in [1.82, 2.24) is 15.1 Å². The van der Waals surface area contributed by atoms with Crippen molar-refractivity contribution in [3.05, 3.63) is 34.0 Å².